The van der Waals surface area contributed by atoms with Crippen LogP contribution in [0.5, 0.6) is 0 Å². The maximum atomic E-state index is 14.3. The van der Waals surface area contributed by atoms with E-state index in [2.05, 4.69) is 5.32 Å². The minimum absolute atomic E-state index is 0.249. The molecule has 0 radical (unpaired) electrons. The van der Waals surface area contributed by atoms with Gasteiger partial charge in [-0.15, -0.1) is 0 Å². The number of para-hydroxylation sites is 1. The third-order valence-electron chi connectivity index (χ3n) is 7.40. The summed E-state index contributed by atoms with van der Waals surface area (Å²) in [5.41, 5.74) is -2.71. The molecule has 3 amide bonds. The molecule has 2 aromatic carbocycles. The number of carbonyl (C=O) groups excluding carboxylic acids is 3. The van der Waals surface area contributed by atoms with Gasteiger partial charge in [0, 0.05) is 17.3 Å². The van der Waals surface area contributed by atoms with Crippen LogP contribution in [-0.4, -0.2) is 35.2 Å². The molecule has 0 saturated carbocycles. The standard InChI is InChI=1S/C23H17F4N3O3/c24-11-7-8-14-13(10-11)22(21(33)28-14)18-17(16-6-3-9-29(16)22)19(31)30(20(18)32)15-5-2-1-4-12(15)23(25,26)27/h1-2,4-5,7-8,10,16-18H,3,6,9H2,(H,28,33)/t16-,17+,18-,22-/m0/s1. The van der Waals surface area contributed by atoms with Gasteiger partial charge in [0.05, 0.1) is 23.1 Å². The van der Waals surface area contributed by atoms with Crippen LogP contribution in [-0.2, 0) is 26.1 Å². The summed E-state index contributed by atoms with van der Waals surface area (Å²) in [7, 11) is 0. The SMILES string of the molecule is O=C1[C@H]2[C@@H](C(=O)N1c1ccccc1C(F)(F)F)[C@@]1(C(=O)Nc3ccc(F)cc31)N1CCC[C@@H]21. The summed E-state index contributed by atoms with van der Waals surface area (Å²) in [6.07, 6.45) is -3.63. The summed E-state index contributed by atoms with van der Waals surface area (Å²) in [5, 5.41) is 2.70. The van der Waals surface area contributed by atoms with E-state index in [4.69, 9.17) is 0 Å². The van der Waals surface area contributed by atoms with Crippen LogP contribution in [0.2, 0.25) is 0 Å². The molecular formula is C23H17F4N3O3. The highest BCUT2D eigenvalue weighted by Crippen LogP contribution is 2.61. The maximum Gasteiger partial charge on any atom is 0.418 e. The molecule has 4 heterocycles. The lowest BCUT2D eigenvalue weighted by Gasteiger charge is -2.36. The van der Waals surface area contributed by atoms with Crippen molar-refractivity contribution < 1.29 is 31.9 Å². The highest BCUT2D eigenvalue weighted by Gasteiger charge is 2.74. The van der Waals surface area contributed by atoms with Gasteiger partial charge in [-0.3, -0.25) is 19.3 Å². The molecule has 6 nitrogen and oxygen atoms in total. The van der Waals surface area contributed by atoms with Gasteiger partial charge in [0.25, 0.3) is 0 Å². The normalized spacial score (nSPS) is 30.7. The molecule has 0 aliphatic carbocycles. The number of fused-ring (bicyclic) bond motifs is 7. The Bertz CT molecular complexity index is 1250. The van der Waals surface area contributed by atoms with E-state index >= 15 is 0 Å². The molecule has 3 fully saturated rings. The van der Waals surface area contributed by atoms with Crippen molar-refractivity contribution >= 4 is 29.1 Å². The van der Waals surface area contributed by atoms with Crippen molar-refractivity contribution in [3.8, 4) is 0 Å². The minimum atomic E-state index is -4.79. The second-order valence-electron chi connectivity index (χ2n) is 8.84. The van der Waals surface area contributed by atoms with E-state index in [0.29, 0.717) is 30.0 Å². The molecule has 4 aliphatic heterocycles. The van der Waals surface area contributed by atoms with Gasteiger partial charge >= 0.3 is 6.18 Å². The van der Waals surface area contributed by atoms with Gasteiger partial charge in [-0.2, -0.15) is 13.2 Å². The predicted octanol–water partition coefficient (Wildman–Crippen LogP) is 3.28. The van der Waals surface area contributed by atoms with E-state index in [1.807, 2.05) is 0 Å². The van der Waals surface area contributed by atoms with Crippen LogP contribution in [0.15, 0.2) is 42.5 Å². The number of anilines is 2. The number of benzene rings is 2. The molecule has 0 unspecified atom stereocenters. The minimum Gasteiger partial charge on any atom is -0.324 e. The number of alkyl halides is 3. The van der Waals surface area contributed by atoms with Crippen LogP contribution in [0, 0.1) is 17.7 Å². The number of rotatable bonds is 1. The third-order valence-corrected chi connectivity index (χ3v) is 7.40. The fraction of sp³-hybridized carbons (Fsp3) is 0.348. The molecule has 3 saturated heterocycles. The number of hydrogen-bond acceptors (Lipinski definition) is 4. The zero-order valence-electron chi connectivity index (χ0n) is 17.0. The van der Waals surface area contributed by atoms with E-state index in [1.165, 1.54) is 30.3 Å². The van der Waals surface area contributed by atoms with Gasteiger partial charge < -0.3 is 5.32 Å². The molecule has 10 heteroatoms. The Labute approximate surface area is 185 Å². The van der Waals surface area contributed by atoms with Crippen molar-refractivity contribution in [3.05, 3.63) is 59.4 Å². The maximum absolute atomic E-state index is 14.3. The van der Waals surface area contributed by atoms with Crippen molar-refractivity contribution in [2.24, 2.45) is 11.8 Å². The van der Waals surface area contributed by atoms with Crippen molar-refractivity contribution in [1.29, 1.82) is 0 Å². The summed E-state index contributed by atoms with van der Waals surface area (Å²) < 4.78 is 55.4. The number of carbonyl (C=O) groups is 3. The Morgan fingerprint density at radius 2 is 1.79 bits per heavy atom. The Morgan fingerprint density at radius 3 is 2.55 bits per heavy atom. The quantitative estimate of drug-likeness (QED) is 0.525. The summed E-state index contributed by atoms with van der Waals surface area (Å²) in [5.74, 6) is -5.05. The fourth-order valence-corrected chi connectivity index (χ4v) is 6.32. The molecule has 0 bridgehead atoms. The first-order chi connectivity index (χ1) is 15.7. The highest BCUT2D eigenvalue weighted by atomic mass is 19.4. The van der Waals surface area contributed by atoms with E-state index in [-0.39, 0.29) is 5.56 Å². The van der Waals surface area contributed by atoms with E-state index in [9.17, 15) is 31.9 Å². The molecule has 170 valence electrons. The Balaban J connectivity index is 1.56. The lowest BCUT2D eigenvalue weighted by atomic mass is 9.75. The molecule has 4 atom stereocenters. The van der Waals surface area contributed by atoms with Gasteiger partial charge in [-0.25, -0.2) is 9.29 Å². The molecule has 0 aromatic heterocycles. The number of imide groups is 1. The number of hydrogen-bond donors (Lipinski definition) is 1. The first kappa shape index (κ1) is 20.3. The molecule has 2 aromatic rings. The number of amides is 3. The molecule has 4 aliphatic rings. The first-order valence-electron chi connectivity index (χ1n) is 10.6. The highest BCUT2D eigenvalue weighted by molar-refractivity contribution is 6.26. The average Bonchev–Trinajstić information content (AvgIpc) is 3.46. The van der Waals surface area contributed by atoms with Crippen molar-refractivity contribution in [1.82, 2.24) is 4.90 Å². The van der Waals surface area contributed by atoms with Crippen LogP contribution in [0.1, 0.15) is 24.0 Å². The Hall–Kier alpha value is -3.27. The van der Waals surface area contributed by atoms with Gasteiger partial charge in [-0.05, 0) is 49.7 Å². The monoisotopic (exact) mass is 459 g/mol. The molecule has 6 rings (SSSR count). The van der Waals surface area contributed by atoms with Crippen LogP contribution in [0.25, 0.3) is 0 Å². The lowest BCUT2D eigenvalue weighted by molar-refractivity contribution is -0.138. The molecule has 1 N–H and O–H groups in total. The zero-order chi connectivity index (χ0) is 23.3. The topological polar surface area (TPSA) is 69.7 Å². The van der Waals surface area contributed by atoms with Crippen molar-refractivity contribution in [3.63, 3.8) is 0 Å². The van der Waals surface area contributed by atoms with Crippen LogP contribution in [0.4, 0.5) is 28.9 Å². The van der Waals surface area contributed by atoms with Crippen LogP contribution in [0.3, 0.4) is 0 Å². The predicted molar refractivity (Wildman–Crippen MR) is 107 cm³/mol. The lowest BCUT2D eigenvalue weighted by Crippen LogP contribution is -2.54. The Kier molecular flexibility index (Phi) is 3.95. The van der Waals surface area contributed by atoms with Crippen LogP contribution >= 0.6 is 0 Å². The van der Waals surface area contributed by atoms with Crippen molar-refractivity contribution in [2.45, 2.75) is 30.6 Å². The number of nitrogens with zero attached hydrogens (tertiary/aromatic N) is 2. The fourth-order valence-electron chi connectivity index (χ4n) is 6.32. The molecular weight excluding hydrogens is 442 g/mol. The second kappa shape index (κ2) is 6.40. The van der Waals surface area contributed by atoms with Crippen molar-refractivity contribution in [2.75, 3.05) is 16.8 Å². The van der Waals surface area contributed by atoms with E-state index in [0.717, 1.165) is 12.1 Å². The van der Waals surface area contributed by atoms with E-state index < -0.39 is 64.4 Å². The van der Waals surface area contributed by atoms with Gasteiger partial charge in [0.15, 0.2) is 0 Å². The Morgan fingerprint density at radius 1 is 1.03 bits per heavy atom. The van der Waals surface area contributed by atoms with Gasteiger partial charge in [0.2, 0.25) is 17.7 Å². The van der Waals surface area contributed by atoms with Gasteiger partial charge in [-0.1, -0.05) is 12.1 Å². The largest absolute Gasteiger partial charge is 0.418 e. The molecule has 33 heavy (non-hydrogen) atoms. The second-order valence-corrected chi connectivity index (χ2v) is 8.84. The first-order valence-corrected chi connectivity index (χ1v) is 10.6. The number of halogens is 4. The smallest absolute Gasteiger partial charge is 0.324 e. The molecule has 1 spiro atoms. The summed E-state index contributed by atoms with van der Waals surface area (Å²) in [6, 6.07) is 7.65. The van der Waals surface area contributed by atoms with Crippen LogP contribution < -0.4 is 10.2 Å². The van der Waals surface area contributed by atoms with E-state index in [1.54, 1.807) is 4.90 Å². The summed E-state index contributed by atoms with van der Waals surface area (Å²) >= 11 is 0. The summed E-state index contributed by atoms with van der Waals surface area (Å²) in [6.45, 7) is 0.417. The average molecular weight is 459 g/mol. The third kappa shape index (κ3) is 2.39. The zero-order valence-corrected chi connectivity index (χ0v) is 17.0. The van der Waals surface area contributed by atoms with Gasteiger partial charge in [0.1, 0.15) is 11.4 Å². The number of nitrogens with one attached hydrogen (secondary N) is 1. The summed E-state index contributed by atoms with van der Waals surface area (Å²) in [4.78, 5) is 43.1.